The van der Waals surface area contributed by atoms with Gasteiger partial charge >= 0.3 is 0 Å². The molecule has 0 fully saturated rings. The van der Waals surface area contributed by atoms with E-state index in [1.165, 1.54) is 0 Å². The van der Waals surface area contributed by atoms with Gasteiger partial charge < -0.3 is 5.32 Å². The molecular weight excluding hydrogens is 170 g/mol. The minimum Gasteiger partial charge on any atom is -0.314 e. The number of hydrogen-bond acceptors (Lipinski definition) is 1. The third kappa shape index (κ3) is 11.1. The molecule has 0 radical (unpaired) electrons. The zero-order valence-electron chi connectivity index (χ0n) is 9.78. The maximum absolute atomic E-state index is 3.30. The molecule has 0 aromatic heterocycles. The van der Waals surface area contributed by atoms with Crippen molar-refractivity contribution in [2.45, 2.75) is 46.6 Å². The molecule has 0 amide bonds. The molecule has 0 aromatic rings. The summed E-state index contributed by atoms with van der Waals surface area (Å²) >= 11 is 0. The van der Waals surface area contributed by atoms with Crippen LogP contribution in [-0.2, 0) is 0 Å². The van der Waals surface area contributed by atoms with Gasteiger partial charge in [-0.05, 0) is 17.8 Å². The lowest BCUT2D eigenvalue weighted by molar-refractivity contribution is 0.598. The Kier molecular flexibility index (Phi) is 8.10. The van der Waals surface area contributed by atoms with E-state index in [4.69, 9.17) is 0 Å². The molecule has 0 aliphatic heterocycles. The quantitative estimate of drug-likeness (QED) is 0.531. The van der Waals surface area contributed by atoms with Crippen molar-refractivity contribution in [2.24, 2.45) is 5.92 Å². The lowest BCUT2D eigenvalue weighted by Gasteiger charge is -2.03. The molecule has 0 saturated carbocycles. The summed E-state index contributed by atoms with van der Waals surface area (Å²) in [4.78, 5) is 0. The number of rotatable bonds is 4. The molecule has 1 heteroatoms. The van der Waals surface area contributed by atoms with Crippen molar-refractivity contribution in [3.05, 3.63) is 0 Å². The first-order valence-corrected chi connectivity index (χ1v) is 5.32. The Morgan fingerprint density at radius 1 is 1.00 bits per heavy atom. The molecule has 0 aromatic carbocycles. The summed E-state index contributed by atoms with van der Waals surface area (Å²) in [6.07, 6.45) is 1.83. The van der Waals surface area contributed by atoms with Crippen LogP contribution in [0.1, 0.15) is 40.5 Å². The van der Waals surface area contributed by atoms with Gasteiger partial charge in [-0.1, -0.05) is 39.5 Å². The van der Waals surface area contributed by atoms with Gasteiger partial charge in [-0.25, -0.2) is 0 Å². The van der Waals surface area contributed by atoms with Crippen molar-refractivity contribution in [3.63, 3.8) is 0 Å². The molecule has 0 rings (SSSR count). The molecular formula is C13H21N. The van der Waals surface area contributed by atoms with Crippen LogP contribution in [0.4, 0.5) is 0 Å². The molecule has 0 heterocycles. The van der Waals surface area contributed by atoms with Crippen molar-refractivity contribution < 1.29 is 0 Å². The normalized spacial score (nSPS) is 9.29. The van der Waals surface area contributed by atoms with Gasteiger partial charge in [0.25, 0.3) is 0 Å². The van der Waals surface area contributed by atoms with E-state index in [1.54, 1.807) is 0 Å². The maximum atomic E-state index is 3.30. The van der Waals surface area contributed by atoms with E-state index < -0.39 is 0 Å². The predicted molar refractivity (Wildman–Crippen MR) is 62.8 cm³/mol. The summed E-state index contributed by atoms with van der Waals surface area (Å²) in [6, 6.07) is 0.545. The minimum absolute atomic E-state index is 0.545. The van der Waals surface area contributed by atoms with Gasteiger partial charge in [0.2, 0.25) is 0 Å². The van der Waals surface area contributed by atoms with E-state index in [2.05, 4.69) is 56.7 Å². The smallest absolute Gasteiger partial charge is 0.0224 e. The fourth-order valence-electron chi connectivity index (χ4n) is 0.829. The van der Waals surface area contributed by atoms with Gasteiger partial charge in [0.1, 0.15) is 0 Å². The standard InChI is InChI=1S/C13H21N/c1-12(2)10-8-6-5-7-9-11-14-13(3)4/h12-14H,9-11H2,1-4H3. The summed E-state index contributed by atoms with van der Waals surface area (Å²) < 4.78 is 0. The summed E-state index contributed by atoms with van der Waals surface area (Å²) in [6.45, 7) is 9.55. The lowest BCUT2D eigenvalue weighted by atomic mass is 10.1. The van der Waals surface area contributed by atoms with E-state index >= 15 is 0 Å². The van der Waals surface area contributed by atoms with Gasteiger partial charge in [-0.2, -0.15) is 0 Å². The van der Waals surface area contributed by atoms with E-state index in [-0.39, 0.29) is 0 Å². The van der Waals surface area contributed by atoms with Gasteiger partial charge in [-0.3, -0.25) is 0 Å². The summed E-state index contributed by atoms with van der Waals surface area (Å²) in [5.74, 6) is 12.4. The first-order valence-electron chi connectivity index (χ1n) is 5.32. The van der Waals surface area contributed by atoms with Crippen LogP contribution in [-0.4, -0.2) is 12.6 Å². The second-order valence-corrected chi connectivity index (χ2v) is 4.06. The third-order valence-electron chi connectivity index (χ3n) is 1.55. The van der Waals surface area contributed by atoms with Crippen LogP contribution in [0.5, 0.6) is 0 Å². The Labute approximate surface area is 88.7 Å². The minimum atomic E-state index is 0.545. The number of nitrogens with one attached hydrogen (secondary N) is 1. The van der Waals surface area contributed by atoms with Crippen LogP contribution in [0.25, 0.3) is 0 Å². The maximum Gasteiger partial charge on any atom is 0.0224 e. The van der Waals surface area contributed by atoms with Gasteiger partial charge in [0.15, 0.2) is 0 Å². The molecule has 0 spiro atoms. The van der Waals surface area contributed by atoms with Gasteiger partial charge in [-0.15, -0.1) is 0 Å². The zero-order valence-corrected chi connectivity index (χ0v) is 9.78. The highest BCUT2D eigenvalue weighted by Gasteiger charge is 1.87. The molecule has 14 heavy (non-hydrogen) atoms. The predicted octanol–water partition coefficient (Wildman–Crippen LogP) is 2.43. The highest BCUT2D eigenvalue weighted by Crippen LogP contribution is 1.95. The molecule has 0 bridgehead atoms. The Morgan fingerprint density at radius 2 is 1.64 bits per heavy atom. The summed E-state index contributed by atoms with van der Waals surface area (Å²) in [7, 11) is 0. The number of hydrogen-bond donors (Lipinski definition) is 1. The third-order valence-corrected chi connectivity index (χ3v) is 1.55. The van der Waals surface area contributed by atoms with Crippen LogP contribution in [0.2, 0.25) is 0 Å². The summed E-state index contributed by atoms with van der Waals surface area (Å²) in [5.41, 5.74) is 0. The first kappa shape index (κ1) is 13.1. The Bertz CT molecular complexity index is 242. The SMILES string of the molecule is CC(C)CC#CC#CCCNC(C)C. The van der Waals surface area contributed by atoms with Crippen molar-refractivity contribution in [1.29, 1.82) is 0 Å². The molecule has 78 valence electrons. The van der Waals surface area contributed by atoms with Crippen molar-refractivity contribution in [2.75, 3.05) is 6.54 Å². The Balaban J connectivity index is 3.46. The van der Waals surface area contributed by atoms with E-state index in [1.807, 2.05) is 0 Å². The topological polar surface area (TPSA) is 12.0 Å². The fraction of sp³-hybridized carbons (Fsp3) is 0.692. The molecule has 1 N–H and O–H groups in total. The lowest BCUT2D eigenvalue weighted by Crippen LogP contribution is -2.23. The van der Waals surface area contributed by atoms with Gasteiger partial charge in [0.05, 0.1) is 0 Å². The van der Waals surface area contributed by atoms with Crippen LogP contribution in [0.3, 0.4) is 0 Å². The first-order chi connectivity index (χ1) is 6.63. The zero-order chi connectivity index (χ0) is 10.8. The average molecular weight is 191 g/mol. The highest BCUT2D eigenvalue weighted by atomic mass is 14.9. The molecule has 0 unspecified atom stereocenters. The van der Waals surface area contributed by atoms with Crippen LogP contribution < -0.4 is 5.32 Å². The van der Waals surface area contributed by atoms with E-state index in [0.717, 1.165) is 19.4 Å². The van der Waals surface area contributed by atoms with E-state index in [0.29, 0.717) is 12.0 Å². The average Bonchev–Trinajstić information content (AvgIpc) is 2.08. The summed E-state index contributed by atoms with van der Waals surface area (Å²) in [5, 5.41) is 3.30. The molecule has 0 saturated heterocycles. The Morgan fingerprint density at radius 3 is 2.21 bits per heavy atom. The van der Waals surface area contributed by atoms with E-state index in [9.17, 15) is 0 Å². The molecule has 0 aliphatic rings. The molecule has 0 aliphatic carbocycles. The van der Waals surface area contributed by atoms with Crippen molar-refractivity contribution in [3.8, 4) is 23.7 Å². The van der Waals surface area contributed by atoms with Gasteiger partial charge in [0, 0.05) is 25.4 Å². The monoisotopic (exact) mass is 191 g/mol. The van der Waals surface area contributed by atoms with Crippen molar-refractivity contribution in [1.82, 2.24) is 5.32 Å². The second-order valence-electron chi connectivity index (χ2n) is 4.06. The highest BCUT2D eigenvalue weighted by molar-refractivity contribution is 5.25. The second kappa shape index (κ2) is 8.67. The van der Waals surface area contributed by atoms with Crippen LogP contribution >= 0.6 is 0 Å². The van der Waals surface area contributed by atoms with Crippen molar-refractivity contribution >= 4 is 0 Å². The largest absolute Gasteiger partial charge is 0.314 e. The molecule has 0 atom stereocenters. The van der Waals surface area contributed by atoms with Crippen LogP contribution in [0, 0.1) is 29.6 Å². The Hall–Kier alpha value is -0.920. The fourth-order valence-corrected chi connectivity index (χ4v) is 0.829. The molecule has 1 nitrogen and oxygen atoms in total. The van der Waals surface area contributed by atoms with Crippen LogP contribution in [0.15, 0.2) is 0 Å².